The summed E-state index contributed by atoms with van der Waals surface area (Å²) in [4.78, 5) is 10.1. The summed E-state index contributed by atoms with van der Waals surface area (Å²) in [5, 5.41) is 3.27. The lowest BCUT2D eigenvalue weighted by Crippen LogP contribution is -2.32. The van der Waals surface area contributed by atoms with Crippen LogP contribution in [0.2, 0.25) is 0 Å². The van der Waals surface area contributed by atoms with Crippen molar-refractivity contribution in [2.24, 2.45) is 11.7 Å². The van der Waals surface area contributed by atoms with Gasteiger partial charge in [0.2, 0.25) is 6.29 Å². The van der Waals surface area contributed by atoms with Gasteiger partial charge in [-0.05, 0) is 38.3 Å². The van der Waals surface area contributed by atoms with Crippen LogP contribution in [0.5, 0.6) is 0 Å². The topological polar surface area (TPSA) is 55.1 Å². The number of nitrogens with one attached hydrogen (secondary N) is 1. The summed E-state index contributed by atoms with van der Waals surface area (Å²) in [7, 11) is 0. The van der Waals surface area contributed by atoms with Gasteiger partial charge in [0.25, 0.3) is 0 Å². The third kappa shape index (κ3) is 2.99. The first-order valence-corrected chi connectivity index (χ1v) is 4.17. The van der Waals surface area contributed by atoms with Crippen molar-refractivity contribution in [3.8, 4) is 0 Å². The Labute approximate surface area is 67.3 Å². The maximum atomic E-state index is 10.1. The van der Waals surface area contributed by atoms with Gasteiger partial charge in [-0.1, -0.05) is 0 Å². The molecule has 0 aromatic carbocycles. The summed E-state index contributed by atoms with van der Waals surface area (Å²) < 4.78 is 0. The molecule has 63 valence electrons. The number of nitrogens with two attached hydrogens (primary N) is 1. The van der Waals surface area contributed by atoms with Gasteiger partial charge in [-0.25, -0.2) is 0 Å². The van der Waals surface area contributed by atoms with E-state index in [1.807, 2.05) is 6.29 Å². The van der Waals surface area contributed by atoms with Crippen LogP contribution in [0.25, 0.3) is 0 Å². The van der Waals surface area contributed by atoms with Crippen LogP contribution in [-0.4, -0.2) is 25.4 Å². The second-order valence-corrected chi connectivity index (χ2v) is 3.15. The fraction of sp³-hybridized carbons (Fsp3) is 0.875. The van der Waals surface area contributed by atoms with Gasteiger partial charge in [0.1, 0.15) is 0 Å². The first-order chi connectivity index (χ1) is 5.33. The molecule has 3 heteroatoms. The predicted molar refractivity (Wildman–Crippen MR) is 43.9 cm³/mol. The van der Waals surface area contributed by atoms with Crippen LogP contribution < -0.4 is 11.1 Å². The minimum Gasteiger partial charge on any atom is -0.321 e. The molecule has 11 heavy (non-hydrogen) atoms. The quantitative estimate of drug-likeness (QED) is 0.594. The average Bonchev–Trinajstić information content (AvgIpc) is 2.06. The van der Waals surface area contributed by atoms with E-state index in [-0.39, 0.29) is 6.04 Å². The van der Waals surface area contributed by atoms with Crippen molar-refractivity contribution >= 4 is 6.29 Å². The minimum atomic E-state index is -0.363. The van der Waals surface area contributed by atoms with Crippen molar-refractivity contribution in [3.63, 3.8) is 0 Å². The molecule has 3 nitrogen and oxygen atoms in total. The van der Waals surface area contributed by atoms with Crippen molar-refractivity contribution < 1.29 is 4.79 Å². The molecule has 0 saturated carbocycles. The molecule has 0 bridgehead atoms. The van der Waals surface area contributed by atoms with Crippen LogP contribution in [-0.2, 0) is 4.79 Å². The van der Waals surface area contributed by atoms with Gasteiger partial charge >= 0.3 is 0 Å². The van der Waals surface area contributed by atoms with Gasteiger partial charge < -0.3 is 11.1 Å². The molecule has 1 radical (unpaired) electrons. The van der Waals surface area contributed by atoms with Gasteiger partial charge in [0, 0.05) is 0 Å². The van der Waals surface area contributed by atoms with Crippen molar-refractivity contribution in [1.29, 1.82) is 0 Å². The van der Waals surface area contributed by atoms with Crippen LogP contribution in [0, 0.1) is 5.92 Å². The van der Waals surface area contributed by atoms with E-state index in [0.717, 1.165) is 32.4 Å². The normalized spacial score (nSPS) is 23.0. The molecule has 0 spiro atoms. The van der Waals surface area contributed by atoms with E-state index in [1.165, 1.54) is 0 Å². The molecular weight excluding hydrogens is 140 g/mol. The Morgan fingerprint density at radius 2 is 2.18 bits per heavy atom. The average molecular weight is 155 g/mol. The molecule has 1 saturated heterocycles. The molecule has 1 aliphatic rings. The van der Waals surface area contributed by atoms with E-state index in [4.69, 9.17) is 5.73 Å². The van der Waals surface area contributed by atoms with Crippen LogP contribution in [0.3, 0.4) is 0 Å². The lowest BCUT2D eigenvalue weighted by Gasteiger charge is -2.23. The summed E-state index contributed by atoms with van der Waals surface area (Å²) >= 11 is 0. The largest absolute Gasteiger partial charge is 0.321 e. The van der Waals surface area contributed by atoms with Crippen molar-refractivity contribution in [3.05, 3.63) is 0 Å². The second kappa shape index (κ2) is 4.46. The molecule has 1 fully saturated rings. The zero-order chi connectivity index (χ0) is 8.10. The molecule has 1 rings (SSSR count). The van der Waals surface area contributed by atoms with Gasteiger partial charge in [0.05, 0.1) is 6.04 Å². The Morgan fingerprint density at radius 3 is 2.73 bits per heavy atom. The fourth-order valence-corrected chi connectivity index (χ4v) is 1.52. The first-order valence-electron chi connectivity index (χ1n) is 4.17. The molecule has 1 atom stereocenters. The van der Waals surface area contributed by atoms with Gasteiger partial charge in [-0.3, -0.25) is 4.79 Å². The van der Waals surface area contributed by atoms with E-state index < -0.39 is 0 Å². The molecule has 0 amide bonds. The molecule has 1 heterocycles. The molecule has 0 aromatic heterocycles. The zero-order valence-electron chi connectivity index (χ0n) is 6.68. The summed E-state index contributed by atoms with van der Waals surface area (Å²) in [6.07, 6.45) is 4.93. The maximum absolute atomic E-state index is 10.1. The number of hydrogen-bond donors (Lipinski definition) is 2. The van der Waals surface area contributed by atoms with Gasteiger partial charge in [-0.2, -0.15) is 0 Å². The highest BCUT2D eigenvalue weighted by Crippen LogP contribution is 2.16. The van der Waals surface area contributed by atoms with E-state index in [2.05, 4.69) is 5.32 Å². The fourth-order valence-electron chi connectivity index (χ4n) is 1.52. The molecule has 0 aromatic rings. The summed E-state index contributed by atoms with van der Waals surface area (Å²) in [5.74, 6) is 0.632. The minimum absolute atomic E-state index is 0.363. The SMILES string of the molecule is NC([C]=O)CC1CCNCC1. The lowest BCUT2D eigenvalue weighted by molar-refractivity contribution is 0.345. The zero-order valence-corrected chi connectivity index (χ0v) is 6.68. The van der Waals surface area contributed by atoms with E-state index in [0.29, 0.717) is 5.92 Å². The van der Waals surface area contributed by atoms with E-state index >= 15 is 0 Å². The summed E-state index contributed by atoms with van der Waals surface area (Å²) in [5.41, 5.74) is 5.46. The van der Waals surface area contributed by atoms with Crippen molar-refractivity contribution in [2.75, 3.05) is 13.1 Å². The number of rotatable bonds is 3. The summed E-state index contributed by atoms with van der Waals surface area (Å²) in [6, 6.07) is -0.363. The number of piperidine rings is 1. The van der Waals surface area contributed by atoms with E-state index in [9.17, 15) is 4.79 Å². The number of hydrogen-bond acceptors (Lipinski definition) is 3. The highest BCUT2D eigenvalue weighted by molar-refractivity contribution is 5.57. The molecule has 0 aliphatic carbocycles. The third-order valence-corrected chi connectivity index (χ3v) is 2.20. The Bertz CT molecular complexity index is 121. The molecule has 1 unspecified atom stereocenters. The number of carbonyl (C=O) groups excluding carboxylic acids is 1. The molecule has 1 aliphatic heterocycles. The van der Waals surface area contributed by atoms with Crippen LogP contribution in [0.4, 0.5) is 0 Å². The summed E-state index contributed by atoms with van der Waals surface area (Å²) in [6.45, 7) is 2.13. The van der Waals surface area contributed by atoms with Gasteiger partial charge in [0.15, 0.2) is 0 Å². The highest BCUT2D eigenvalue weighted by Gasteiger charge is 2.15. The second-order valence-electron chi connectivity index (χ2n) is 3.15. The standard InChI is InChI=1S/C8H15N2O/c9-8(6-11)5-7-1-3-10-4-2-7/h7-8,10H,1-5,9H2. The Kier molecular flexibility index (Phi) is 3.52. The first kappa shape index (κ1) is 8.68. The van der Waals surface area contributed by atoms with Crippen LogP contribution in [0.15, 0.2) is 0 Å². The third-order valence-electron chi connectivity index (χ3n) is 2.20. The van der Waals surface area contributed by atoms with Crippen molar-refractivity contribution in [2.45, 2.75) is 25.3 Å². The van der Waals surface area contributed by atoms with Crippen LogP contribution in [0.1, 0.15) is 19.3 Å². The maximum Gasteiger partial charge on any atom is 0.216 e. The van der Waals surface area contributed by atoms with Crippen molar-refractivity contribution in [1.82, 2.24) is 5.32 Å². The predicted octanol–water partition coefficient (Wildman–Crippen LogP) is -0.187. The molecular formula is C8H15N2O. The highest BCUT2D eigenvalue weighted by atomic mass is 16.1. The van der Waals surface area contributed by atoms with Gasteiger partial charge in [-0.15, -0.1) is 0 Å². The Balaban J connectivity index is 2.18. The monoisotopic (exact) mass is 155 g/mol. The van der Waals surface area contributed by atoms with E-state index in [1.54, 1.807) is 0 Å². The lowest BCUT2D eigenvalue weighted by atomic mass is 9.92. The Hall–Kier alpha value is -0.410. The molecule has 3 N–H and O–H groups in total. The Morgan fingerprint density at radius 1 is 1.55 bits per heavy atom. The van der Waals surface area contributed by atoms with Crippen LogP contribution >= 0.6 is 0 Å². The smallest absolute Gasteiger partial charge is 0.216 e.